The van der Waals surface area contributed by atoms with Crippen molar-refractivity contribution in [2.24, 2.45) is 5.92 Å². The lowest BCUT2D eigenvalue weighted by atomic mass is 9.87. The van der Waals surface area contributed by atoms with Crippen LogP contribution in [0.3, 0.4) is 0 Å². The van der Waals surface area contributed by atoms with Gasteiger partial charge in [-0.05, 0) is 61.8 Å². The van der Waals surface area contributed by atoms with E-state index in [9.17, 15) is 9.59 Å². The van der Waals surface area contributed by atoms with Gasteiger partial charge in [-0.2, -0.15) is 0 Å². The van der Waals surface area contributed by atoms with Gasteiger partial charge in [-0.15, -0.1) is 0 Å². The van der Waals surface area contributed by atoms with Crippen LogP contribution in [0.25, 0.3) is 0 Å². The van der Waals surface area contributed by atoms with Crippen molar-refractivity contribution in [3.05, 3.63) is 46.0 Å². The van der Waals surface area contributed by atoms with Crippen LogP contribution in [-0.4, -0.2) is 11.6 Å². The third-order valence-electron chi connectivity index (χ3n) is 5.13. The number of allylic oxidation sites excluding steroid dienone is 2. The van der Waals surface area contributed by atoms with E-state index in [1.165, 1.54) is 18.4 Å². The number of aryl methyl sites for hydroxylation is 3. The molecule has 1 atom stereocenters. The monoisotopic (exact) mass is 296 g/mol. The summed E-state index contributed by atoms with van der Waals surface area (Å²) in [6.45, 7) is 6.07. The lowest BCUT2D eigenvalue weighted by Crippen LogP contribution is -2.15. The molecular formula is C20H24O2. The van der Waals surface area contributed by atoms with Crippen molar-refractivity contribution in [3.63, 3.8) is 0 Å². The van der Waals surface area contributed by atoms with Gasteiger partial charge in [0.05, 0.1) is 0 Å². The predicted molar refractivity (Wildman–Crippen MR) is 88.1 cm³/mol. The van der Waals surface area contributed by atoms with Crippen molar-refractivity contribution in [2.75, 3.05) is 0 Å². The van der Waals surface area contributed by atoms with Gasteiger partial charge in [-0.3, -0.25) is 9.59 Å². The molecule has 1 aromatic carbocycles. The van der Waals surface area contributed by atoms with Gasteiger partial charge in [0.25, 0.3) is 0 Å². The largest absolute Gasteiger partial charge is 0.298 e. The van der Waals surface area contributed by atoms with E-state index in [2.05, 4.69) is 18.2 Å². The number of benzene rings is 1. The predicted octanol–water partition coefficient (Wildman–Crippen LogP) is 4.35. The molecule has 0 aliphatic heterocycles. The number of rotatable bonds is 2. The molecule has 0 amide bonds. The normalized spacial score (nSPS) is 24.7. The first-order valence-electron chi connectivity index (χ1n) is 8.32. The zero-order valence-corrected chi connectivity index (χ0v) is 13.7. The Bertz CT molecular complexity index is 637. The average molecular weight is 296 g/mol. The summed E-state index contributed by atoms with van der Waals surface area (Å²) in [5, 5.41) is 0. The van der Waals surface area contributed by atoms with E-state index in [4.69, 9.17) is 0 Å². The smallest absolute Gasteiger partial charge is 0.173 e. The van der Waals surface area contributed by atoms with Gasteiger partial charge < -0.3 is 0 Å². The Kier molecular flexibility index (Phi) is 4.03. The standard InChI is InChI=1S/C20H24O2/c1-12-8-13(2)18(14(3)9-12)19-17(21)11-16(20(19)22)10-15-6-4-5-7-15/h8-10,15,19H,4-7,11H2,1-3H3/b16-10+. The van der Waals surface area contributed by atoms with Gasteiger partial charge in [0.1, 0.15) is 5.92 Å². The maximum atomic E-state index is 12.8. The minimum atomic E-state index is -0.562. The van der Waals surface area contributed by atoms with E-state index in [0.29, 0.717) is 12.3 Å². The molecule has 22 heavy (non-hydrogen) atoms. The van der Waals surface area contributed by atoms with Crippen molar-refractivity contribution < 1.29 is 9.59 Å². The number of hydrogen-bond donors (Lipinski definition) is 0. The van der Waals surface area contributed by atoms with Crippen LogP contribution >= 0.6 is 0 Å². The second-order valence-corrected chi connectivity index (χ2v) is 6.99. The van der Waals surface area contributed by atoms with Crippen LogP contribution < -0.4 is 0 Å². The van der Waals surface area contributed by atoms with Crippen molar-refractivity contribution in [2.45, 2.75) is 58.8 Å². The topological polar surface area (TPSA) is 34.1 Å². The van der Waals surface area contributed by atoms with Crippen molar-refractivity contribution in [1.29, 1.82) is 0 Å². The lowest BCUT2D eigenvalue weighted by Gasteiger charge is -2.15. The Hall–Kier alpha value is -1.70. The summed E-state index contributed by atoms with van der Waals surface area (Å²) in [4.78, 5) is 25.3. The maximum absolute atomic E-state index is 12.8. The molecule has 2 nitrogen and oxygen atoms in total. The molecule has 0 spiro atoms. The van der Waals surface area contributed by atoms with Crippen LogP contribution in [-0.2, 0) is 9.59 Å². The van der Waals surface area contributed by atoms with E-state index >= 15 is 0 Å². The Labute approximate surface area is 132 Å². The minimum Gasteiger partial charge on any atom is -0.298 e. The summed E-state index contributed by atoms with van der Waals surface area (Å²) >= 11 is 0. The molecular weight excluding hydrogens is 272 g/mol. The molecule has 0 radical (unpaired) electrons. The van der Waals surface area contributed by atoms with Crippen LogP contribution in [0, 0.1) is 26.7 Å². The highest BCUT2D eigenvalue weighted by molar-refractivity contribution is 6.23. The molecule has 2 aliphatic rings. The first-order chi connectivity index (χ1) is 10.5. The Balaban J connectivity index is 1.95. The SMILES string of the molecule is Cc1cc(C)c(C2C(=O)C/C(=C\C3CCCC3)C2=O)c(C)c1. The summed E-state index contributed by atoms with van der Waals surface area (Å²) in [7, 11) is 0. The Morgan fingerprint density at radius 2 is 1.59 bits per heavy atom. The molecule has 2 fully saturated rings. The molecule has 0 aromatic heterocycles. The first kappa shape index (κ1) is 15.2. The van der Waals surface area contributed by atoms with Crippen molar-refractivity contribution in [1.82, 2.24) is 0 Å². The molecule has 1 unspecified atom stereocenters. The molecule has 0 N–H and O–H groups in total. The zero-order valence-electron chi connectivity index (χ0n) is 13.7. The lowest BCUT2D eigenvalue weighted by molar-refractivity contribution is -0.123. The zero-order chi connectivity index (χ0) is 15.9. The summed E-state index contributed by atoms with van der Waals surface area (Å²) < 4.78 is 0. The molecule has 2 heteroatoms. The first-order valence-corrected chi connectivity index (χ1v) is 8.32. The van der Waals surface area contributed by atoms with E-state index in [1.54, 1.807) is 0 Å². The number of carbonyl (C=O) groups is 2. The van der Waals surface area contributed by atoms with Crippen LogP contribution in [0.2, 0.25) is 0 Å². The number of Topliss-reactive ketones (excluding diaryl/α,β-unsaturated/α-hetero) is 2. The van der Waals surface area contributed by atoms with Crippen molar-refractivity contribution >= 4 is 11.6 Å². The number of hydrogen-bond acceptors (Lipinski definition) is 2. The average Bonchev–Trinajstić information content (AvgIpc) is 3.02. The van der Waals surface area contributed by atoms with E-state index < -0.39 is 5.92 Å². The van der Waals surface area contributed by atoms with E-state index in [0.717, 1.165) is 35.1 Å². The maximum Gasteiger partial charge on any atom is 0.173 e. The second-order valence-electron chi connectivity index (χ2n) is 6.99. The fraction of sp³-hybridized carbons (Fsp3) is 0.500. The van der Waals surface area contributed by atoms with Gasteiger partial charge in [0.2, 0.25) is 0 Å². The molecule has 116 valence electrons. The molecule has 3 rings (SSSR count). The second kappa shape index (κ2) is 5.83. The molecule has 2 saturated carbocycles. The van der Waals surface area contributed by atoms with Gasteiger partial charge in [0, 0.05) is 6.42 Å². The van der Waals surface area contributed by atoms with E-state index in [1.807, 2.05) is 20.8 Å². The van der Waals surface area contributed by atoms with Gasteiger partial charge in [0.15, 0.2) is 11.6 Å². The molecule has 0 bridgehead atoms. The third-order valence-corrected chi connectivity index (χ3v) is 5.13. The number of ketones is 2. The quantitative estimate of drug-likeness (QED) is 0.600. The summed E-state index contributed by atoms with van der Waals surface area (Å²) in [5.41, 5.74) is 5.01. The van der Waals surface area contributed by atoms with Gasteiger partial charge in [-0.25, -0.2) is 0 Å². The Morgan fingerprint density at radius 1 is 1.00 bits per heavy atom. The molecule has 1 aromatic rings. The van der Waals surface area contributed by atoms with Crippen molar-refractivity contribution in [3.8, 4) is 0 Å². The summed E-state index contributed by atoms with van der Waals surface area (Å²) in [6, 6.07) is 4.14. The highest BCUT2D eigenvalue weighted by atomic mass is 16.2. The van der Waals surface area contributed by atoms with E-state index in [-0.39, 0.29) is 11.6 Å². The van der Waals surface area contributed by atoms with Crippen LogP contribution in [0.4, 0.5) is 0 Å². The van der Waals surface area contributed by atoms with Crippen LogP contribution in [0.15, 0.2) is 23.8 Å². The number of carbonyl (C=O) groups excluding carboxylic acids is 2. The molecule has 2 aliphatic carbocycles. The van der Waals surface area contributed by atoms with Crippen LogP contribution in [0.5, 0.6) is 0 Å². The summed E-state index contributed by atoms with van der Waals surface area (Å²) in [6.07, 6.45) is 7.25. The third kappa shape index (κ3) is 2.67. The highest BCUT2D eigenvalue weighted by Crippen LogP contribution is 2.37. The fourth-order valence-corrected chi connectivity index (χ4v) is 4.20. The molecule has 0 heterocycles. The fourth-order valence-electron chi connectivity index (χ4n) is 4.20. The van der Waals surface area contributed by atoms with Gasteiger partial charge >= 0.3 is 0 Å². The minimum absolute atomic E-state index is 0.0481. The molecule has 0 saturated heterocycles. The summed E-state index contributed by atoms with van der Waals surface area (Å²) in [5.74, 6) is 0.0650. The Morgan fingerprint density at radius 3 is 2.18 bits per heavy atom. The van der Waals surface area contributed by atoms with Crippen LogP contribution in [0.1, 0.15) is 60.3 Å². The highest BCUT2D eigenvalue weighted by Gasteiger charge is 2.39. The van der Waals surface area contributed by atoms with Gasteiger partial charge in [-0.1, -0.05) is 36.6 Å².